The Morgan fingerprint density at radius 2 is 2.12 bits per heavy atom. The van der Waals surface area contributed by atoms with Gasteiger partial charge in [-0.15, -0.1) is 0 Å². The maximum atomic E-state index is 13.8. The fourth-order valence-corrected chi connectivity index (χ4v) is 3.45. The molecule has 0 unspecified atom stereocenters. The van der Waals surface area contributed by atoms with Gasteiger partial charge in [-0.25, -0.2) is 8.78 Å². The van der Waals surface area contributed by atoms with Gasteiger partial charge in [-0.05, 0) is 31.3 Å². The summed E-state index contributed by atoms with van der Waals surface area (Å²) >= 11 is 0. The van der Waals surface area contributed by atoms with Gasteiger partial charge in [0.25, 0.3) is 0 Å². The summed E-state index contributed by atoms with van der Waals surface area (Å²) in [6.07, 6.45) is 1.34. The number of halogens is 2. The Kier molecular flexibility index (Phi) is 5.80. The Morgan fingerprint density at radius 1 is 1.31 bits per heavy atom. The van der Waals surface area contributed by atoms with Crippen LogP contribution in [0.5, 0.6) is 5.75 Å². The Balaban J connectivity index is 1.62. The van der Waals surface area contributed by atoms with Crippen LogP contribution in [0.4, 0.5) is 8.78 Å². The first-order valence-electron chi connectivity index (χ1n) is 8.61. The van der Waals surface area contributed by atoms with E-state index in [1.54, 1.807) is 6.20 Å². The molecule has 140 valence electrons. The summed E-state index contributed by atoms with van der Waals surface area (Å²) < 4.78 is 32.4. The number of aliphatic hydroxyl groups is 1. The third-order valence-corrected chi connectivity index (χ3v) is 4.80. The van der Waals surface area contributed by atoms with Crippen LogP contribution in [0.25, 0.3) is 0 Å². The molecule has 2 aromatic rings. The van der Waals surface area contributed by atoms with Crippen molar-refractivity contribution in [1.82, 2.24) is 9.88 Å². The van der Waals surface area contributed by atoms with Crippen molar-refractivity contribution in [2.45, 2.75) is 37.1 Å². The molecule has 0 aliphatic heterocycles. The average Bonchev–Trinajstić information content (AvgIpc) is 2.90. The first-order valence-corrected chi connectivity index (χ1v) is 8.61. The van der Waals surface area contributed by atoms with Crippen molar-refractivity contribution >= 4 is 0 Å². The van der Waals surface area contributed by atoms with Crippen molar-refractivity contribution in [3.8, 4) is 5.75 Å². The zero-order valence-electron chi connectivity index (χ0n) is 14.6. The summed E-state index contributed by atoms with van der Waals surface area (Å²) in [5.41, 5.74) is 7.15. The van der Waals surface area contributed by atoms with Crippen molar-refractivity contribution < 1.29 is 18.6 Å². The molecule has 1 aromatic heterocycles. The number of aliphatic hydroxyl groups excluding tert-OH is 1. The van der Waals surface area contributed by atoms with Gasteiger partial charge in [0.1, 0.15) is 18.0 Å². The topological polar surface area (TPSA) is 71.6 Å². The molecular formula is C19H23F2N3O2. The minimum Gasteiger partial charge on any atom is -0.485 e. The van der Waals surface area contributed by atoms with Crippen molar-refractivity contribution in [1.29, 1.82) is 0 Å². The molecule has 0 radical (unpaired) electrons. The monoisotopic (exact) mass is 363 g/mol. The number of nitrogens with two attached hydrogens (primary N) is 1. The molecule has 0 saturated heterocycles. The largest absolute Gasteiger partial charge is 0.485 e. The second-order valence-corrected chi connectivity index (χ2v) is 6.66. The molecule has 7 heteroatoms. The van der Waals surface area contributed by atoms with E-state index in [-0.39, 0.29) is 17.8 Å². The lowest BCUT2D eigenvalue weighted by Crippen LogP contribution is -2.49. The highest BCUT2D eigenvalue weighted by atomic mass is 19.1. The maximum absolute atomic E-state index is 13.8. The maximum Gasteiger partial charge on any atom is 0.167 e. The molecule has 0 amide bonds. The van der Waals surface area contributed by atoms with Gasteiger partial charge in [0.15, 0.2) is 11.6 Å². The molecule has 4 atom stereocenters. The zero-order chi connectivity index (χ0) is 18.7. The third-order valence-electron chi connectivity index (χ3n) is 4.80. The highest BCUT2D eigenvalue weighted by molar-refractivity contribution is 5.25. The molecule has 0 bridgehead atoms. The van der Waals surface area contributed by atoms with Crippen LogP contribution in [0.2, 0.25) is 0 Å². The molecule has 1 aliphatic rings. The van der Waals surface area contributed by atoms with Gasteiger partial charge in [-0.1, -0.05) is 6.07 Å². The van der Waals surface area contributed by atoms with Gasteiger partial charge in [0, 0.05) is 43.4 Å². The number of nitrogens with zero attached hydrogens (tertiary/aromatic N) is 2. The van der Waals surface area contributed by atoms with Crippen molar-refractivity contribution in [3.63, 3.8) is 0 Å². The fraction of sp³-hybridized carbons (Fsp3) is 0.421. The van der Waals surface area contributed by atoms with Crippen LogP contribution in [0.3, 0.4) is 0 Å². The van der Waals surface area contributed by atoms with E-state index in [1.807, 2.05) is 30.1 Å². The molecule has 1 saturated carbocycles. The van der Waals surface area contributed by atoms with Gasteiger partial charge < -0.3 is 15.6 Å². The van der Waals surface area contributed by atoms with E-state index in [4.69, 9.17) is 10.5 Å². The van der Waals surface area contributed by atoms with Crippen LogP contribution in [0, 0.1) is 11.6 Å². The molecule has 3 N–H and O–H groups in total. The van der Waals surface area contributed by atoms with E-state index < -0.39 is 23.8 Å². The predicted molar refractivity (Wildman–Crippen MR) is 93.7 cm³/mol. The van der Waals surface area contributed by atoms with Gasteiger partial charge >= 0.3 is 0 Å². The zero-order valence-corrected chi connectivity index (χ0v) is 14.6. The molecule has 1 aliphatic carbocycles. The first kappa shape index (κ1) is 18.7. The summed E-state index contributed by atoms with van der Waals surface area (Å²) in [6.45, 7) is 0.671. The normalized spacial score (nSPS) is 25.6. The van der Waals surface area contributed by atoms with E-state index in [9.17, 15) is 13.9 Å². The number of likely N-dealkylation sites (N-methyl/N-ethyl adjacent to an activating group) is 1. The van der Waals surface area contributed by atoms with Gasteiger partial charge in [0.2, 0.25) is 0 Å². The lowest BCUT2D eigenvalue weighted by molar-refractivity contribution is 0.0146. The standard InChI is InChI=1S/C19H23F2N3O2/c1-24(9-7-13-4-2-3-8-23-13)18-15(22)11-17(19(18)25)26-16-6-5-12(20)10-14(16)21/h2-6,8,10,15,17-19,25H,7,9,11,22H2,1H3/t15-,17-,18+,19+/m1/s1. The summed E-state index contributed by atoms with van der Waals surface area (Å²) in [7, 11) is 1.89. The highest BCUT2D eigenvalue weighted by Crippen LogP contribution is 2.29. The molecule has 3 rings (SSSR count). The molecule has 1 fully saturated rings. The van der Waals surface area contributed by atoms with E-state index in [0.29, 0.717) is 13.0 Å². The van der Waals surface area contributed by atoms with Crippen molar-refractivity contribution in [2.24, 2.45) is 5.73 Å². The summed E-state index contributed by atoms with van der Waals surface area (Å²) in [6, 6.07) is 8.21. The van der Waals surface area contributed by atoms with Crippen molar-refractivity contribution in [2.75, 3.05) is 13.6 Å². The minimum absolute atomic E-state index is 0.0839. The second kappa shape index (κ2) is 8.07. The number of aromatic nitrogens is 1. The van der Waals surface area contributed by atoms with Crippen LogP contribution in [0.1, 0.15) is 12.1 Å². The van der Waals surface area contributed by atoms with Crippen LogP contribution in [-0.2, 0) is 6.42 Å². The van der Waals surface area contributed by atoms with Crippen LogP contribution >= 0.6 is 0 Å². The average molecular weight is 363 g/mol. The Labute approximate surface area is 151 Å². The number of rotatable bonds is 6. The van der Waals surface area contributed by atoms with Crippen molar-refractivity contribution in [3.05, 3.63) is 59.9 Å². The Hall–Kier alpha value is -2.09. The van der Waals surface area contributed by atoms with Gasteiger partial charge in [0.05, 0.1) is 6.04 Å². The number of pyridine rings is 1. The summed E-state index contributed by atoms with van der Waals surface area (Å²) in [5, 5.41) is 10.6. The smallest absolute Gasteiger partial charge is 0.167 e. The second-order valence-electron chi connectivity index (χ2n) is 6.66. The van der Waals surface area contributed by atoms with Crippen LogP contribution < -0.4 is 10.5 Å². The quantitative estimate of drug-likeness (QED) is 0.818. The Bertz CT molecular complexity index is 732. The fourth-order valence-electron chi connectivity index (χ4n) is 3.45. The first-order chi connectivity index (χ1) is 12.5. The predicted octanol–water partition coefficient (Wildman–Crippen LogP) is 1.74. The SMILES string of the molecule is CN(CCc1ccccn1)[C@@H]1[C@@H](O)[C@H](Oc2ccc(F)cc2F)C[C@H]1N. The lowest BCUT2D eigenvalue weighted by atomic mass is 10.1. The number of benzene rings is 1. The molecule has 1 heterocycles. The van der Waals surface area contributed by atoms with E-state index in [1.165, 1.54) is 6.07 Å². The third kappa shape index (κ3) is 4.17. The van der Waals surface area contributed by atoms with E-state index >= 15 is 0 Å². The Morgan fingerprint density at radius 3 is 2.81 bits per heavy atom. The summed E-state index contributed by atoms with van der Waals surface area (Å²) in [5.74, 6) is -1.55. The van der Waals surface area contributed by atoms with Crippen LogP contribution in [0.15, 0.2) is 42.6 Å². The van der Waals surface area contributed by atoms with Gasteiger partial charge in [-0.3, -0.25) is 9.88 Å². The molecule has 26 heavy (non-hydrogen) atoms. The minimum atomic E-state index is -0.872. The van der Waals surface area contributed by atoms with Gasteiger partial charge in [-0.2, -0.15) is 0 Å². The molecule has 0 spiro atoms. The molecule has 1 aromatic carbocycles. The van der Waals surface area contributed by atoms with E-state index in [0.717, 1.165) is 24.2 Å². The van der Waals surface area contributed by atoms with Crippen LogP contribution in [-0.4, -0.2) is 52.9 Å². The molecule has 5 nitrogen and oxygen atoms in total. The number of ether oxygens (including phenoxy) is 1. The number of hydrogen-bond acceptors (Lipinski definition) is 5. The highest BCUT2D eigenvalue weighted by Gasteiger charge is 2.44. The molecular weight excluding hydrogens is 340 g/mol. The van der Waals surface area contributed by atoms with E-state index in [2.05, 4.69) is 4.98 Å². The lowest BCUT2D eigenvalue weighted by Gasteiger charge is -2.30. The summed E-state index contributed by atoms with van der Waals surface area (Å²) in [4.78, 5) is 6.27. The number of hydrogen-bond donors (Lipinski definition) is 2.